The van der Waals surface area contributed by atoms with Crippen LogP contribution in [0.3, 0.4) is 0 Å². The lowest BCUT2D eigenvalue weighted by atomic mass is 9.73. The van der Waals surface area contributed by atoms with Crippen LogP contribution in [0.4, 0.5) is 0 Å². The van der Waals surface area contributed by atoms with Crippen LogP contribution >= 0.6 is 0 Å². The summed E-state index contributed by atoms with van der Waals surface area (Å²) in [4.78, 5) is 0. The van der Waals surface area contributed by atoms with Crippen LogP contribution in [-0.4, -0.2) is 70.1 Å². The summed E-state index contributed by atoms with van der Waals surface area (Å²) in [7, 11) is -0.246. The maximum Gasteiger partial charge on any atom is 0.281 e. The normalized spacial score (nSPS) is 31.1. The summed E-state index contributed by atoms with van der Waals surface area (Å²) in [5, 5.41) is 0. The van der Waals surface area contributed by atoms with Gasteiger partial charge in [0.05, 0.1) is 19.3 Å². The molecule has 2 aliphatic rings. The van der Waals surface area contributed by atoms with Gasteiger partial charge in [-0.1, -0.05) is 6.08 Å². The summed E-state index contributed by atoms with van der Waals surface area (Å²) in [5.41, 5.74) is -0.234. The zero-order chi connectivity index (χ0) is 15.5. The van der Waals surface area contributed by atoms with Gasteiger partial charge in [0.25, 0.3) is 10.2 Å². The van der Waals surface area contributed by atoms with E-state index in [1.807, 2.05) is 0 Å². The van der Waals surface area contributed by atoms with E-state index in [9.17, 15) is 8.42 Å². The summed E-state index contributed by atoms with van der Waals surface area (Å²) >= 11 is 0. The van der Waals surface area contributed by atoms with Gasteiger partial charge in [0.15, 0.2) is 0 Å². The molecule has 2 heterocycles. The highest BCUT2D eigenvalue weighted by molar-refractivity contribution is 7.86. The van der Waals surface area contributed by atoms with E-state index < -0.39 is 10.2 Å². The first-order chi connectivity index (χ1) is 9.92. The molecule has 0 aliphatic carbocycles. The topological polar surface area (TPSA) is 59.1 Å². The molecule has 2 rings (SSSR count). The largest absolute Gasteiger partial charge is 0.377 e. The molecule has 0 amide bonds. The molecule has 6 nitrogen and oxygen atoms in total. The van der Waals surface area contributed by atoms with E-state index in [1.165, 1.54) is 4.31 Å². The minimum absolute atomic E-state index is 0.0877. The number of ether oxygens (including phenoxy) is 2. The number of nitrogens with zero attached hydrogens (tertiary/aromatic N) is 2. The van der Waals surface area contributed by atoms with Gasteiger partial charge in [-0.25, -0.2) is 0 Å². The van der Waals surface area contributed by atoms with Gasteiger partial charge in [-0.05, 0) is 19.3 Å². The van der Waals surface area contributed by atoms with E-state index in [0.29, 0.717) is 26.3 Å². The third-order valence-electron chi connectivity index (χ3n) is 4.37. The van der Waals surface area contributed by atoms with Crippen LogP contribution in [0.15, 0.2) is 12.7 Å². The van der Waals surface area contributed by atoms with Crippen molar-refractivity contribution in [3.05, 3.63) is 12.7 Å². The fourth-order valence-corrected chi connectivity index (χ4v) is 4.45. The fourth-order valence-electron chi connectivity index (χ4n) is 3.23. The Bertz CT molecular complexity index is 466. The van der Waals surface area contributed by atoms with Crippen LogP contribution in [0.1, 0.15) is 19.3 Å². The second-order valence-corrected chi connectivity index (χ2v) is 8.18. The van der Waals surface area contributed by atoms with Gasteiger partial charge >= 0.3 is 0 Å². The van der Waals surface area contributed by atoms with Crippen molar-refractivity contribution in [1.29, 1.82) is 0 Å². The number of fused-ring (bicyclic) bond motifs is 1. The van der Waals surface area contributed by atoms with Crippen molar-refractivity contribution in [1.82, 2.24) is 8.61 Å². The van der Waals surface area contributed by atoms with Gasteiger partial charge in [0.2, 0.25) is 0 Å². The quantitative estimate of drug-likeness (QED) is 0.538. The lowest BCUT2D eigenvalue weighted by Crippen LogP contribution is -2.59. The molecule has 0 bridgehead atoms. The van der Waals surface area contributed by atoms with Crippen LogP contribution in [-0.2, 0) is 19.7 Å². The van der Waals surface area contributed by atoms with Crippen LogP contribution in [0.2, 0.25) is 0 Å². The molecule has 2 saturated heterocycles. The Hall–Kier alpha value is -0.470. The predicted molar refractivity (Wildman–Crippen MR) is 81.2 cm³/mol. The number of piperidine rings is 1. The zero-order valence-electron chi connectivity index (χ0n) is 13.0. The molecule has 0 aromatic carbocycles. The minimum atomic E-state index is -3.38. The second-order valence-electron chi connectivity index (χ2n) is 6.04. The molecule has 0 N–H and O–H groups in total. The van der Waals surface area contributed by atoms with Crippen molar-refractivity contribution >= 4 is 10.2 Å². The maximum atomic E-state index is 12.4. The van der Waals surface area contributed by atoms with Crippen molar-refractivity contribution in [3.63, 3.8) is 0 Å². The molecule has 0 unspecified atom stereocenters. The summed E-state index contributed by atoms with van der Waals surface area (Å²) < 4.78 is 39.2. The Balaban J connectivity index is 2.16. The number of hydrogen-bond acceptors (Lipinski definition) is 4. The average Bonchev–Trinajstić information content (AvgIpc) is 2.46. The highest BCUT2D eigenvalue weighted by Gasteiger charge is 2.48. The van der Waals surface area contributed by atoms with Crippen molar-refractivity contribution < 1.29 is 17.9 Å². The SMILES string of the molecule is C=CCOC[C@@]12CCCO[C@@H]1CCN(S(=O)(=O)N(C)C)C2. The molecule has 122 valence electrons. The molecular weight excluding hydrogens is 292 g/mol. The Labute approximate surface area is 127 Å². The molecule has 0 saturated carbocycles. The molecule has 2 atom stereocenters. The lowest BCUT2D eigenvalue weighted by molar-refractivity contribution is -0.140. The molecule has 7 heteroatoms. The standard InChI is InChI=1S/C14H26N2O4S/c1-4-9-19-12-14-7-5-10-20-13(14)6-8-16(11-14)21(17,18)15(2)3/h4,13H,1,5-12H2,2-3H3/t13-,14+/m1/s1. The third kappa shape index (κ3) is 3.48. The van der Waals surface area contributed by atoms with E-state index in [2.05, 4.69) is 6.58 Å². The van der Waals surface area contributed by atoms with Gasteiger partial charge in [0, 0.05) is 39.2 Å². The molecule has 0 spiro atoms. The zero-order valence-corrected chi connectivity index (χ0v) is 13.8. The fraction of sp³-hybridized carbons (Fsp3) is 0.857. The van der Waals surface area contributed by atoms with E-state index in [1.54, 1.807) is 24.5 Å². The Morgan fingerprint density at radius 3 is 2.95 bits per heavy atom. The van der Waals surface area contributed by atoms with Gasteiger partial charge in [0.1, 0.15) is 0 Å². The Morgan fingerprint density at radius 2 is 2.29 bits per heavy atom. The van der Waals surface area contributed by atoms with Gasteiger partial charge in [-0.2, -0.15) is 17.0 Å². The van der Waals surface area contributed by atoms with E-state index in [-0.39, 0.29) is 11.5 Å². The molecule has 0 aromatic rings. The molecule has 21 heavy (non-hydrogen) atoms. The van der Waals surface area contributed by atoms with Crippen LogP contribution < -0.4 is 0 Å². The summed E-state index contributed by atoms with van der Waals surface area (Å²) in [6.07, 6.45) is 4.42. The van der Waals surface area contributed by atoms with Gasteiger partial charge in [-0.15, -0.1) is 6.58 Å². The monoisotopic (exact) mass is 318 g/mol. The Morgan fingerprint density at radius 1 is 1.52 bits per heavy atom. The van der Waals surface area contributed by atoms with Crippen molar-refractivity contribution in [2.75, 3.05) is 47.0 Å². The van der Waals surface area contributed by atoms with Gasteiger partial charge in [-0.3, -0.25) is 0 Å². The first kappa shape index (κ1) is 16.9. The summed E-state index contributed by atoms with van der Waals surface area (Å²) in [6.45, 7) is 6.39. The molecule has 0 radical (unpaired) electrons. The van der Waals surface area contributed by atoms with Gasteiger partial charge < -0.3 is 9.47 Å². The average molecular weight is 318 g/mol. The highest BCUT2D eigenvalue weighted by Crippen LogP contribution is 2.41. The molecule has 2 fully saturated rings. The molecular formula is C14H26N2O4S. The number of hydrogen-bond donors (Lipinski definition) is 0. The first-order valence-electron chi connectivity index (χ1n) is 7.40. The van der Waals surface area contributed by atoms with E-state index in [0.717, 1.165) is 25.9 Å². The third-order valence-corrected chi connectivity index (χ3v) is 6.25. The van der Waals surface area contributed by atoms with Crippen LogP contribution in [0.25, 0.3) is 0 Å². The number of rotatable bonds is 6. The second kappa shape index (κ2) is 6.75. The minimum Gasteiger partial charge on any atom is -0.377 e. The van der Waals surface area contributed by atoms with Crippen molar-refractivity contribution in [2.24, 2.45) is 5.41 Å². The van der Waals surface area contributed by atoms with Crippen molar-refractivity contribution in [2.45, 2.75) is 25.4 Å². The molecule has 2 aliphatic heterocycles. The highest BCUT2D eigenvalue weighted by atomic mass is 32.2. The lowest BCUT2D eigenvalue weighted by Gasteiger charge is -2.50. The predicted octanol–water partition coefficient (Wildman–Crippen LogP) is 0.867. The summed E-state index contributed by atoms with van der Waals surface area (Å²) in [6, 6.07) is 0. The van der Waals surface area contributed by atoms with Crippen LogP contribution in [0.5, 0.6) is 0 Å². The maximum absolute atomic E-state index is 12.4. The Kier molecular flexibility index (Phi) is 5.43. The first-order valence-corrected chi connectivity index (χ1v) is 8.80. The van der Waals surface area contributed by atoms with Crippen LogP contribution in [0, 0.1) is 5.41 Å². The smallest absolute Gasteiger partial charge is 0.281 e. The molecule has 0 aromatic heterocycles. The van der Waals surface area contributed by atoms with Crippen molar-refractivity contribution in [3.8, 4) is 0 Å². The van der Waals surface area contributed by atoms with E-state index >= 15 is 0 Å². The summed E-state index contributed by atoms with van der Waals surface area (Å²) in [5.74, 6) is 0. The van der Waals surface area contributed by atoms with E-state index in [4.69, 9.17) is 9.47 Å².